The number of ether oxygens (including phenoxy) is 1. The van der Waals surface area contributed by atoms with Crippen LogP contribution in [-0.4, -0.2) is 40.0 Å². The third-order valence-electron chi connectivity index (χ3n) is 3.55. The fraction of sp³-hybridized carbons (Fsp3) is 0.400. The van der Waals surface area contributed by atoms with E-state index in [1.165, 1.54) is 6.33 Å². The molecule has 110 valence electrons. The van der Waals surface area contributed by atoms with Gasteiger partial charge in [-0.15, -0.1) is 0 Å². The summed E-state index contributed by atoms with van der Waals surface area (Å²) in [5.74, 6) is 1.96. The van der Waals surface area contributed by atoms with E-state index in [-0.39, 0.29) is 12.0 Å². The minimum atomic E-state index is -0.0304. The molecule has 2 aromatic rings. The van der Waals surface area contributed by atoms with Crippen LogP contribution in [0.4, 0.5) is 0 Å². The maximum Gasteiger partial charge on any atom is 0.257 e. The molecule has 0 saturated carbocycles. The van der Waals surface area contributed by atoms with E-state index < -0.39 is 0 Å². The lowest BCUT2D eigenvalue weighted by molar-refractivity contribution is 0.0769. The SMILES string of the molecule is Cc1cc(C(=O)N2CC[C@@H](Oc3ccncn3)C2)c(C)o1. The van der Waals surface area contributed by atoms with E-state index in [0.717, 1.165) is 12.2 Å². The van der Waals surface area contributed by atoms with Crippen LogP contribution in [0.25, 0.3) is 0 Å². The maximum atomic E-state index is 12.5. The highest BCUT2D eigenvalue weighted by molar-refractivity contribution is 5.95. The summed E-state index contributed by atoms with van der Waals surface area (Å²) in [5.41, 5.74) is 0.634. The van der Waals surface area contributed by atoms with Crippen LogP contribution in [0.3, 0.4) is 0 Å². The molecule has 1 aliphatic rings. The molecular formula is C15H17N3O3. The van der Waals surface area contributed by atoms with Crippen molar-refractivity contribution in [3.63, 3.8) is 0 Å². The minimum Gasteiger partial charge on any atom is -0.472 e. The lowest BCUT2D eigenvalue weighted by Crippen LogP contribution is -2.31. The van der Waals surface area contributed by atoms with Crippen molar-refractivity contribution in [1.82, 2.24) is 14.9 Å². The molecule has 1 fully saturated rings. The minimum absolute atomic E-state index is 0.00172. The summed E-state index contributed by atoms with van der Waals surface area (Å²) in [6.07, 6.45) is 3.85. The average molecular weight is 287 g/mol. The first-order valence-corrected chi connectivity index (χ1v) is 6.92. The van der Waals surface area contributed by atoms with Crippen LogP contribution in [0.2, 0.25) is 0 Å². The number of nitrogens with zero attached hydrogens (tertiary/aromatic N) is 3. The number of furan rings is 1. The second-order valence-electron chi connectivity index (χ2n) is 5.15. The van der Waals surface area contributed by atoms with Gasteiger partial charge in [-0.05, 0) is 19.9 Å². The highest BCUT2D eigenvalue weighted by Crippen LogP contribution is 2.21. The Bertz CT molecular complexity index is 639. The standard InChI is InChI=1S/C15H17N3O3/c1-10-7-13(11(2)20-10)15(19)18-6-4-12(8-18)21-14-3-5-16-9-17-14/h3,5,7,9,12H,4,6,8H2,1-2H3/t12-/m1/s1. The van der Waals surface area contributed by atoms with E-state index in [0.29, 0.717) is 30.3 Å². The molecule has 21 heavy (non-hydrogen) atoms. The van der Waals surface area contributed by atoms with Crippen LogP contribution >= 0.6 is 0 Å². The van der Waals surface area contributed by atoms with Gasteiger partial charge >= 0.3 is 0 Å². The van der Waals surface area contributed by atoms with Crippen molar-refractivity contribution in [2.45, 2.75) is 26.4 Å². The van der Waals surface area contributed by atoms with Gasteiger partial charge in [0.1, 0.15) is 24.0 Å². The topological polar surface area (TPSA) is 68.5 Å². The molecule has 6 nitrogen and oxygen atoms in total. The van der Waals surface area contributed by atoms with Gasteiger partial charge in [-0.25, -0.2) is 9.97 Å². The number of aryl methyl sites for hydroxylation is 2. The third kappa shape index (κ3) is 2.89. The van der Waals surface area contributed by atoms with E-state index in [9.17, 15) is 4.79 Å². The highest BCUT2D eigenvalue weighted by Gasteiger charge is 2.30. The molecule has 2 aromatic heterocycles. The normalized spacial score (nSPS) is 18.0. The first-order chi connectivity index (χ1) is 10.1. The van der Waals surface area contributed by atoms with Gasteiger partial charge in [0.05, 0.1) is 12.1 Å². The number of likely N-dealkylation sites (tertiary alicyclic amines) is 1. The summed E-state index contributed by atoms with van der Waals surface area (Å²) in [6, 6.07) is 3.50. The van der Waals surface area contributed by atoms with Crippen molar-refractivity contribution < 1.29 is 13.9 Å². The number of hydrogen-bond acceptors (Lipinski definition) is 5. The zero-order chi connectivity index (χ0) is 14.8. The summed E-state index contributed by atoms with van der Waals surface area (Å²) in [7, 11) is 0. The van der Waals surface area contributed by atoms with Gasteiger partial charge in [-0.2, -0.15) is 0 Å². The Balaban J connectivity index is 1.64. The highest BCUT2D eigenvalue weighted by atomic mass is 16.5. The monoisotopic (exact) mass is 287 g/mol. The second kappa shape index (κ2) is 5.55. The summed E-state index contributed by atoms with van der Waals surface area (Å²) in [6.45, 7) is 4.89. The van der Waals surface area contributed by atoms with E-state index in [1.54, 1.807) is 23.2 Å². The number of carbonyl (C=O) groups is 1. The quantitative estimate of drug-likeness (QED) is 0.863. The number of rotatable bonds is 3. The van der Waals surface area contributed by atoms with Gasteiger partial charge in [0, 0.05) is 25.2 Å². The Morgan fingerprint density at radius 2 is 2.33 bits per heavy atom. The lowest BCUT2D eigenvalue weighted by atomic mass is 10.2. The van der Waals surface area contributed by atoms with Crippen LogP contribution in [-0.2, 0) is 0 Å². The molecule has 0 unspecified atom stereocenters. The van der Waals surface area contributed by atoms with Crippen LogP contribution < -0.4 is 4.74 Å². The molecule has 1 atom stereocenters. The average Bonchev–Trinajstić information content (AvgIpc) is 3.06. The first-order valence-electron chi connectivity index (χ1n) is 6.92. The molecule has 0 N–H and O–H groups in total. The van der Waals surface area contributed by atoms with E-state index in [2.05, 4.69) is 9.97 Å². The Hall–Kier alpha value is -2.37. The fourth-order valence-electron chi connectivity index (χ4n) is 2.54. The molecular weight excluding hydrogens is 270 g/mol. The van der Waals surface area contributed by atoms with Gasteiger partial charge in [0.15, 0.2) is 0 Å². The van der Waals surface area contributed by atoms with E-state index in [4.69, 9.17) is 9.15 Å². The Morgan fingerprint density at radius 1 is 1.48 bits per heavy atom. The number of hydrogen-bond donors (Lipinski definition) is 0. The molecule has 3 rings (SSSR count). The molecule has 0 radical (unpaired) electrons. The molecule has 0 aromatic carbocycles. The molecule has 1 saturated heterocycles. The third-order valence-corrected chi connectivity index (χ3v) is 3.55. The van der Waals surface area contributed by atoms with Gasteiger partial charge in [0.2, 0.25) is 5.88 Å². The Kier molecular flexibility index (Phi) is 3.60. The predicted octanol–water partition coefficient (Wildman–Crippen LogP) is 1.98. The van der Waals surface area contributed by atoms with Crippen molar-refractivity contribution in [3.05, 3.63) is 41.7 Å². The molecule has 0 aliphatic carbocycles. The number of amides is 1. The van der Waals surface area contributed by atoms with Gasteiger partial charge in [0.25, 0.3) is 5.91 Å². The summed E-state index contributed by atoms with van der Waals surface area (Å²) >= 11 is 0. The molecule has 1 amide bonds. The molecule has 6 heteroatoms. The van der Waals surface area contributed by atoms with Crippen molar-refractivity contribution >= 4 is 5.91 Å². The van der Waals surface area contributed by atoms with E-state index in [1.807, 2.05) is 13.8 Å². The van der Waals surface area contributed by atoms with Gasteiger partial charge in [-0.3, -0.25) is 4.79 Å². The number of aromatic nitrogens is 2. The molecule has 0 spiro atoms. The smallest absolute Gasteiger partial charge is 0.257 e. The van der Waals surface area contributed by atoms with Crippen molar-refractivity contribution in [2.75, 3.05) is 13.1 Å². The van der Waals surface area contributed by atoms with Gasteiger partial charge in [-0.1, -0.05) is 0 Å². The second-order valence-corrected chi connectivity index (χ2v) is 5.15. The van der Waals surface area contributed by atoms with Crippen molar-refractivity contribution in [3.8, 4) is 5.88 Å². The molecule has 3 heterocycles. The number of carbonyl (C=O) groups excluding carboxylic acids is 1. The zero-order valence-electron chi connectivity index (χ0n) is 12.1. The Labute approximate surface area is 122 Å². The van der Waals surface area contributed by atoms with Crippen molar-refractivity contribution in [2.24, 2.45) is 0 Å². The van der Waals surface area contributed by atoms with E-state index >= 15 is 0 Å². The summed E-state index contributed by atoms with van der Waals surface area (Å²) < 4.78 is 11.2. The molecule has 0 bridgehead atoms. The van der Waals surface area contributed by atoms with Crippen molar-refractivity contribution in [1.29, 1.82) is 0 Å². The van der Waals surface area contributed by atoms with Gasteiger partial charge < -0.3 is 14.1 Å². The lowest BCUT2D eigenvalue weighted by Gasteiger charge is -2.16. The van der Waals surface area contributed by atoms with Crippen LogP contribution in [0.15, 0.2) is 29.1 Å². The Morgan fingerprint density at radius 3 is 3.00 bits per heavy atom. The van der Waals surface area contributed by atoms with Crippen LogP contribution in [0.5, 0.6) is 5.88 Å². The zero-order valence-corrected chi connectivity index (χ0v) is 12.1. The first kappa shape index (κ1) is 13.6. The van der Waals surface area contributed by atoms with Crippen LogP contribution in [0, 0.1) is 13.8 Å². The predicted molar refractivity (Wildman–Crippen MR) is 75.2 cm³/mol. The van der Waals surface area contributed by atoms with Crippen LogP contribution in [0.1, 0.15) is 28.3 Å². The molecule has 1 aliphatic heterocycles. The fourth-order valence-corrected chi connectivity index (χ4v) is 2.54. The summed E-state index contributed by atoms with van der Waals surface area (Å²) in [5, 5.41) is 0. The summed E-state index contributed by atoms with van der Waals surface area (Å²) in [4.78, 5) is 22.1. The maximum absolute atomic E-state index is 12.5. The largest absolute Gasteiger partial charge is 0.472 e.